The highest BCUT2D eigenvalue weighted by molar-refractivity contribution is 5.71. The zero-order chi connectivity index (χ0) is 19.8. The Balaban J connectivity index is 0.00000300. The molecule has 0 fully saturated rings. The van der Waals surface area contributed by atoms with Gasteiger partial charge in [0.1, 0.15) is 5.82 Å². The molecule has 0 aliphatic heterocycles. The first-order valence-electron chi connectivity index (χ1n) is 9.87. The maximum absolute atomic E-state index is 11.8. The van der Waals surface area contributed by atoms with Gasteiger partial charge in [0, 0.05) is 13.1 Å². The van der Waals surface area contributed by atoms with Gasteiger partial charge in [-0.2, -0.15) is 0 Å². The van der Waals surface area contributed by atoms with Crippen LogP contribution in [0.5, 0.6) is 0 Å². The van der Waals surface area contributed by atoms with Crippen molar-refractivity contribution in [2.75, 3.05) is 31.5 Å². The number of nitrogens with zero attached hydrogens (tertiary/aromatic N) is 3. The smallest absolute Gasteiger partial charge is 0.185 e. The minimum Gasteiger partial charge on any atom is -0.412 e. The molecule has 154 valence electrons. The predicted molar refractivity (Wildman–Crippen MR) is 118 cm³/mol. The van der Waals surface area contributed by atoms with Crippen molar-refractivity contribution in [1.29, 1.82) is 0 Å². The van der Waals surface area contributed by atoms with Gasteiger partial charge in [0.15, 0.2) is 12.1 Å². The van der Waals surface area contributed by atoms with E-state index in [2.05, 4.69) is 53.3 Å². The summed E-state index contributed by atoms with van der Waals surface area (Å²) >= 11 is 0. The van der Waals surface area contributed by atoms with Crippen molar-refractivity contribution in [2.45, 2.75) is 19.9 Å². The summed E-state index contributed by atoms with van der Waals surface area (Å²) < 4.78 is 2.00. The van der Waals surface area contributed by atoms with Crippen LogP contribution in [-0.4, -0.2) is 52.4 Å². The molecule has 1 aromatic heterocycles. The second-order valence-corrected chi connectivity index (χ2v) is 6.67. The lowest BCUT2D eigenvalue weighted by atomic mass is 9.98. The number of nitrogens with one attached hydrogen (secondary N) is 1. The van der Waals surface area contributed by atoms with E-state index < -0.39 is 0 Å². The van der Waals surface area contributed by atoms with Gasteiger partial charge in [-0.1, -0.05) is 74.5 Å². The van der Waals surface area contributed by atoms with Crippen LogP contribution in [0.1, 0.15) is 41.6 Å². The molecule has 6 heteroatoms. The summed E-state index contributed by atoms with van der Waals surface area (Å²) in [5.74, 6) is 1.27. The number of imidazole rings is 1. The van der Waals surface area contributed by atoms with Gasteiger partial charge in [-0.05, 0) is 24.2 Å². The fraction of sp³-hybridized carbons (Fsp3) is 0.304. The van der Waals surface area contributed by atoms with Crippen LogP contribution in [0.4, 0.5) is 5.82 Å². The van der Waals surface area contributed by atoms with E-state index in [4.69, 9.17) is 0 Å². The maximum atomic E-state index is 11.8. The Morgan fingerprint density at radius 1 is 1.00 bits per heavy atom. The van der Waals surface area contributed by atoms with Gasteiger partial charge in [0.25, 0.3) is 0 Å². The molecule has 0 amide bonds. The van der Waals surface area contributed by atoms with Gasteiger partial charge < -0.3 is 15.7 Å². The minimum absolute atomic E-state index is 0. The van der Waals surface area contributed by atoms with Crippen LogP contribution in [0.3, 0.4) is 0 Å². The van der Waals surface area contributed by atoms with Gasteiger partial charge >= 0.3 is 0 Å². The first-order valence-corrected chi connectivity index (χ1v) is 9.87. The van der Waals surface area contributed by atoms with Crippen molar-refractivity contribution in [3.05, 3.63) is 83.8 Å². The normalized spacial score (nSPS) is 10.8. The average Bonchev–Trinajstić information content (AvgIpc) is 3.15. The first kappa shape index (κ1) is 22.3. The predicted octanol–water partition coefficient (Wildman–Crippen LogP) is 3.26. The Morgan fingerprint density at radius 3 is 2.03 bits per heavy atom. The fourth-order valence-electron chi connectivity index (χ4n) is 3.51. The van der Waals surface area contributed by atoms with Crippen LogP contribution >= 0.6 is 0 Å². The van der Waals surface area contributed by atoms with E-state index in [1.807, 2.05) is 41.0 Å². The largest absolute Gasteiger partial charge is 0.412 e. The Kier molecular flexibility index (Phi) is 8.58. The highest BCUT2D eigenvalue weighted by Crippen LogP contribution is 2.31. The van der Waals surface area contributed by atoms with Crippen molar-refractivity contribution in [1.82, 2.24) is 14.5 Å². The molecule has 0 saturated carbocycles. The second-order valence-electron chi connectivity index (χ2n) is 6.67. The van der Waals surface area contributed by atoms with E-state index in [1.54, 1.807) is 6.20 Å². The van der Waals surface area contributed by atoms with Crippen LogP contribution in [0.25, 0.3) is 0 Å². The van der Waals surface area contributed by atoms with E-state index in [9.17, 15) is 4.79 Å². The highest BCUT2D eigenvalue weighted by Gasteiger charge is 2.22. The molecule has 0 saturated heterocycles. The third-order valence-corrected chi connectivity index (χ3v) is 5.05. The molecule has 0 spiro atoms. The number of carbonyl (C=O) groups is 1. The minimum atomic E-state index is -0.124. The lowest BCUT2D eigenvalue weighted by Gasteiger charge is -2.24. The number of likely N-dealkylation sites (N-methyl/N-ethyl adjacent to an activating group) is 1. The van der Waals surface area contributed by atoms with Crippen molar-refractivity contribution in [3.8, 4) is 0 Å². The molecule has 6 nitrogen and oxygen atoms in total. The molecule has 29 heavy (non-hydrogen) atoms. The van der Waals surface area contributed by atoms with Crippen molar-refractivity contribution >= 4 is 12.1 Å². The van der Waals surface area contributed by atoms with Crippen molar-refractivity contribution in [3.63, 3.8) is 0 Å². The van der Waals surface area contributed by atoms with Crippen LogP contribution in [0, 0.1) is 0 Å². The lowest BCUT2D eigenvalue weighted by Crippen LogP contribution is -2.29. The maximum Gasteiger partial charge on any atom is 0.185 e. The summed E-state index contributed by atoms with van der Waals surface area (Å²) in [5.41, 5.74) is 2.23. The van der Waals surface area contributed by atoms with E-state index in [0.29, 0.717) is 5.82 Å². The molecule has 1 heterocycles. The summed E-state index contributed by atoms with van der Waals surface area (Å²) in [7, 11) is 0. The standard InChI is InChI=1S/C23H28N4O.H2O/c1-3-26(4-2)16-15-24-21-17-25-22(18-28)27(21)23(19-11-7-5-8-12-19)20-13-9-6-10-14-20;/h5-14,17-18,23-24H,3-4,15-16H2,1-2H3;1H2. The average molecular weight is 395 g/mol. The number of carbonyl (C=O) groups excluding carboxylic acids is 1. The van der Waals surface area contributed by atoms with Gasteiger partial charge in [0.2, 0.25) is 0 Å². The number of hydrogen-bond acceptors (Lipinski definition) is 4. The van der Waals surface area contributed by atoms with Crippen LogP contribution in [0.15, 0.2) is 66.9 Å². The molecule has 3 N–H and O–H groups in total. The summed E-state index contributed by atoms with van der Waals surface area (Å²) in [6.07, 6.45) is 2.58. The van der Waals surface area contributed by atoms with Crippen LogP contribution in [-0.2, 0) is 0 Å². The van der Waals surface area contributed by atoms with Gasteiger partial charge in [-0.25, -0.2) is 4.98 Å². The summed E-state index contributed by atoms with van der Waals surface area (Å²) in [6.45, 7) is 8.11. The lowest BCUT2D eigenvalue weighted by molar-refractivity contribution is 0.111. The summed E-state index contributed by atoms with van der Waals surface area (Å²) in [6, 6.07) is 20.3. The summed E-state index contributed by atoms with van der Waals surface area (Å²) in [4.78, 5) is 18.5. The number of benzene rings is 2. The van der Waals surface area contributed by atoms with Crippen molar-refractivity contribution < 1.29 is 10.3 Å². The van der Waals surface area contributed by atoms with Crippen LogP contribution < -0.4 is 5.32 Å². The molecule has 3 aromatic rings. The highest BCUT2D eigenvalue weighted by atomic mass is 16.1. The van der Waals surface area contributed by atoms with E-state index in [-0.39, 0.29) is 11.5 Å². The molecule has 2 aromatic carbocycles. The molecule has 0 radical (unpaired) electrons. The van der Waals surface area contributed by atoms with E-state index in [1.165, 1.54) is 0 Å². The van der Waals surface area contributed by atoms with Gasteiger partial charge in [-0.15, -0.1) is 0 Å². The SMILES string of the molecule is CCN(CC)CCNc1cnc(C=O)n1C(c1ccccc1)c1ccccc1.O. The topological polar surface area (TPSA) is 81.7 Å². The molecular weight excluding hydrogens is 364 g/mol. The molecule has 0 aliphatic carbocycles. The van der Waals surface area contributed by atoms with Crippen molar-refractivity contribution in [2.24, 2.45) is 0 Å². The number of aldehydes is 1. The van der Waals surface area contributed by atoms with E-state index >= 15 is 0 Å². The molecular formula is C23H30N4O2. The Labute approximate surface area is 172 Å². The summed E-state index contributed by atoms with van der Waals surface area (Å²) in [5, 5.41) is 3.49. The zero-order valence-electron chi connectivity index (χ0n) is 17.1. The molecule has 0 atom stereocenters. The third-order valence-electron chi connectivity index (χ3n) is 5.05. The third kappa shape index (κ3) is 5.31. The number of hydrogen-bond donors (Lipinski definition) is 1. The number of aromatic nitrogens is 2. The fourth-order valence-corrected chi connectivity index (χ4v) is 3.51. The molecule has 0 bridgehead atoms. The van der Waals surface area contributed by atoms with Crippen LogP contribution in [0.2, 0.25) is 0 Å². The molecule has 0 unspecified atom stereocenters. The van der Waals surface area contributed by atoms with Gasteiger partial charge in [0.05, 0.1) is 12.2 Å². The Morgan fingerprint density at radius 2 is 1.55 bits per heavy atom. The van der Waals surface area contributed by atoms with Gasteiger partial charge in [-0.3, -0.25) is 9.36 Å². The zero-order valence-corrected chi connectivity index (χ0v) is 17.1. The molecule has 0 aliphatic rings. The number of anilines is 1. The second kappa shape index (κ2) is 11.1. The molecule has 3 rings (SSSR count). The first-order chi connectivity index (χ1) is 13.8. The Bertz CT molecular complexity index is 822. The monoisotopic (exact) mass is 394 g/mol. The Hall–Kier alpha value is -2.96. The van der Waals surface area contributed by atoms with E-state index in [0.717, 1.165) is 49.4 Å². The quantitative estimate of drug-likeness (QED) is 0.535. The number of rotatable bonds is 10.